The Balaban J connectivity index is 4.65. The number of thiol groups is 1. The van der Waals surface area contributed by atoms with E-state index >= 15 is 0 Å². The maximum atomic E-state index is 11.8. The number of ketones is 1. The van der Waals surface area contributed by atoms with Crippen molar-refractivity contribution in [2.45, 2.75) is 50.7 Å². The Kier molecular flexibility index (Phi) is 11.2. The Morgan fingerprint density at radius 1 is 0.885 bits per heavy atom. The van der Waals surface area contributed by atoms with Crippen molar-refractivity contribution in [3.63, 3.8) is 0 Å². The molecule has 12 heteroatoms. The van der Waals surface area contributed by atoms with Crippen molar-refractivity contribution in [2.75, 3.05) is 6.61 Å². The van der Waals surface area contributed by atoms with E-state index in [-0.39, 0.29) is 31.5 Å². The summed E-state index contributed by atoms with van der Waals surface area (Å²) in [5, 5.41) is 31.4. The van der Waals surface area contributed by atoms with Gasteiger partial charge in [0.05, 0.1) is 6.61 Å². The molecule has 0 aliphatic rings. The molecule has 0 saturated heterocycles. The van der Waals surface area contributed by atoms with Gasteiger partial charge in [0.2, 0.25) is 11.8 Å². The predicted octanol–water partition coefficient (Wildman–Crippen LogP) is -1.93. The third-order valence-electron chi connectivity index (χ3n) is 3.35. The second-order valence-electron chi connectivity index (χ2n) is 5.50. The number of Topliss-reactive ketones (excluding diaryl/α,β-unsaturated/α-hetero) is 1. The molecule has 3 atom stereocenters. The zero-order chi connectivity index (χ0) is 20.3. The zero-order valence-electron chi connectivity index (χ0n) is 14.1. The van der Waals surface area contributed by atoms with Crippen molar-refractivity contribution in [2.24, 2.45) is 0 Å². The first-order valence-corrected chi connectivity index (χ1v) is 8.12. The molecule has 11 nitrogen and oxygen atoms in total. The lowest BCUT2D eigenvalue weighted by Crippen LogP contribution is -2.50. The van der Waals surface area contributed by atoms with Crippen molar-refractivity contribution < 1.29 is 39.3 Å². The molecule has 0 aliphatic heterocycles. The van der Waals surface area contributed by atoms with E-state index in [1.807, 2.05) is 0 Å². The number of nitrogens with one attached hydrogen (secondary N) is 3. The summed E-state index contributed by atoms with van der Waals surface area (Å²) in [7, 11) is 0. The van der Waals surface area contributed by atoms with Crippen LogP contribution in [-0.2, 0) is 24.0 Å². The van der Waals surface area contributed by atoms with Crippen LogP contribution < -0.4 is 15.4 Å². The van der Waals surface area contributed by atoms with Crippen LogP contribution >= 0.6 is 12.8 Å². The molecule has 0 rings (SSSR count). The summed E-state index contributed by atoms with van der Waals surface area (Å²) < 4.78 is 2.19. The highest BCUT2D eigenvalue weighted by Crippen LogP contribution is 2.03. The van der Waals surface area contributed by atoms with Gasteiger partial charge in [-0.2, -0.15) is 0 Å². The first-order valence-electron chi connectivity index (χ1n) is 7.67. The quantitative estimate of drug-likeness (QED) is 0.175. The molecule has 0 aliphatic carbocycles. The second-order valence-corrected chi connectivity index (χ2v) is 5.76. The molecule has 0 spiro atoms. The van der Waals surface area contributed by atoms with E-state index in [0.29, 0.717) is 0 Å². The van der Waals surface area contributed by atoms with Gasteiger partial charge in [-0.3, -0.25) is 14.3 Å². The van der Waals surface area contributed by atoms with Gasteiger partial charge < -0.3 is 30.7 Å². The normalized spacial score (nSPS) is 14.0. The van der Waals surface area contributed by atoms with Crippen molar-refractivity contribution in [3.05, 3.63) is 0 Å². The fraction of sp³-hybridized carbons (Fsp3) is 0.643. The molecule has 0 bridgehead atoms. The molecule has 0 fully saturated rings. The lowest BCUT2D eigenvalue weighted by molar-refractivity contribution is -0.143. The van der Waals surface area contributed by atoms with E-state index in [2.05, 4.69) is 28.2 Å². The largest absolute Gasteiger partial charge is 0.480 e. The summed E-state index contributed by atoms with van der Waals surface area (Å²) in [6.07, 6.45) is -0.762. The van der Waals surface area contributed by atoms with Crippen LogP contribution in [0.15, 0.2) is 0 Å². The van der Waals surface area contributed by atoms with E-state index in [0.717, 1.165) is 0 Å². The summed E-state index contributed by atoms with van der Waals surface area (Å²) in [4.78, 5) is 56.7. The van der Waals surface area contributed by atoms with Gasteiger partial charge in [0.1, 0.15) is 23.9 Å². The lowest BCUT2D eigenvalue weighted by atomic mass is 10.1. The standard InChI is InChI=1S/C14H23N3O8S/c1-7(19)2-3-8(13(22)23)15-11(20)5-4-9(14(24)25)16-12(21)10(6-18)17-26/h8-10,17-18,26H,2-6H2,1H3,(H,15,20)(H,16,21)(H,22,23)(H,24,25)/t8?,9-,10?/m0/s1. The monoisotopic (exact) mass is 393 g/mol. The Labute approximate surface area is 155 Å². The molecular formula is C14H23N3O8S. The van der Waals surface area contributed by atoms with E-state index in [1.165, 1.54) is 6.92 Å². The maximum Gasteiger partial charge on any atom is 0.326 e. The topological polar surface area (TPSA) is 182 Å². The van der Waals surface area contributed by atoms with Crippen LogP contribution in [0.3, 0.4) is 0 Å². The van der Waals surface area contributed by atoms with Crippen LogP contribution in [0.2, 0.25) is 0 Å². The molecule has 0 heterocycles. The van der Waals surface area contributed by atoms with Crippen LogP contribution in [0.1, 0.15) is 32.6 Å². The summed E-state index contributed by atoms with van der Waals surface area (Å²) in [5.41, 5.74) is 0. The molecule has 6 N–H and O–H groups in total. The van der Waals surface area contributed by atoms with Crippen molar-refractivity contribution in [1.29, 1.82) is 0 Å². The average Bonchev–Trinajstić information content (AvgIpc) is 2.55. The van der Waals surface area contributed by atoms with Gasteiger partial charge in [0.15, 0.2) is 0 Å². The van der Waals surface area contributed by atoms with Gasteiger partial charge in [-0.05, 0) is 19.8 Å². The molecular weight excluding hydrogens is 370 g/mol. The number of carbonyl (C=O) groups excluding carboxylic acids is 3. The number of carbonyl (C=O) groups is 5. The number of hydrogen-bond donors (Lipinski definition) is 7. The fourth-order valence-electron chi connectivity index (χ4n) is 1.86. The molecule has 0 saturated carbocycles. The molecule has 26 heavy (non-hydrogen) atoms. The minimum absolute atomic E-state index is 0.0235. The highest BCUT2D eigenvalue weighted by Gasteiger charge is 2.26. The highest BCUT2D eigenvalue weighted by atomic mass is 32.1. The summed E-state index contributed by atoms with van der Waals surface area (Å²) in [6.45, 7) is 0.679. The van der Waals surface area contributed by atoms with Crippen LogP contribution in [0.4, 0.5) is 0 Å². The predicted molar refractivity (Wildman–Crippen MR) is 91.3 cm³/mol. The van der Waals surface area contributed by atoms with Crippen molar-refractivity contribution in [3.8, 4) is 0 Å². The summed E-state index contributed by atoms with van der Waals surface area (Å²) in [6, 6.07) is -3.81. The Hall–Kier alpha value is -2.18. The number of hydrogen-bond acceptors (Lipinski definition) is 8. The molecule has 0 aromatic carbocycles. The number of aliphatic hydroxyl groups excluding tert-OH is 1. The summed E-state index contributed by atoms with van der Waals surface area (Å²) >= 11 is 3.62. The van der Waals surface area contributed by atoms with Crippen LogP contribution in [0.5, 0.6) is 0 Å². The van der Waals surface area contributed by atoms with Crippen LogP contribution in [0.25, 0.3) is 0 Å². The number of rotatable bonds is 13. The number of aliphatic hydroxyl groups is 1. The minimum Gasteiger partial charge on any atom is -0.480 e. The van der Waals surface area contributed by atoms with Gasteiger partial charge in [0, 0.05) is 12.8 Å². The van der Waals surface area contributed by atoms with E-state index in [4.69, 9.17) is 15.3 Å². The Bertz CT molecular complexity index is 538. The van der Waals surface area contributed by atoms with E-state index in [1.54, 1.807) is 0 Å². The van der Waals surface area contributed by atoms with Gasteiger partial charge in [-0.15, -0.1) is 0 Å². The highest BCUT2D eigenvalue weighted by molar-refractivity contribution is 7.78. The molecule has 0 aromatic rings. The maximum absolute atomic E-state index is 11.8. The number of carboxylic acids is 2. The molecule has 148 valence electrons. The second kappa shape index (κ2) is 12.2. The van der Waals surface area contributed by atoms with E-state index in [9.17, 15) is 24.0 Å². The average molecular weight is 393 g/mol. The number of aliphatic carboxylic acids is 2. The zero-order valence-corrected chi connectivity index (χ0v) is 15.0. The molecule has 2 unspecified atom stereocenters. The minimum atomic E-state index is -1.41. The Morgan fingerprint density at radius 3 is 1.81 bits per heavy atom. The lowest BCUT2D eigenvalue weighted by Gasteiger charge is -2.19. The number of carboxylic acid groups (broad SMARTS) is 2. The number of amides is 2. The fourth-order valence-corrected chi connectivity index (χ4v) is 2.06. The van der Waals surface area contributed by atoms with Crippen LogP contribution in [-0.4, -0.2) is 69.6 Å². The summed E-state index contributed by atoms with van der Waals surface area (Å²) in [5.74, 6) is -4.48. The SMILES string of the molecule is CC(=O)CCC(NC(=O)CC[C@H](NC(=O)C(CO)NS)C(=O)O)C(=O)O. The van der Waals surface area contributed by atoms with Gasteiger partial charge >= 0.3 is 11.9 Å². The van der Waals surface area contributed by atoms with Crippen molar-refractivity contribution >= 4 is 42.4 Å². The van der Waals surface area contributed by atoms with Crippen molar-refractivity contribution in [1.82, 2.24) is 15.4 Å². The first-order chi connectivity index (χ1) is 12.1. The molecule has 2 amide bonds. The first kappa shape index (κ1) is 23.8. The van der Waals surface area contributed by atoms with Gasteiger partial charge in [0.25, 0.3) is 0 Å². The van der Waals surface area contributed by atoms with Crippen LogP contribution in [0, 0.1) is 0 Å². The smallest absolute Gasteiger partial charge is 0.326 e. The van der Waals surface area contributed by atoms with E-state index < -0.39 is 48.5 Å². The third-order valence-corrected chi connectivity index (χ3v) is 3.66. The Morgan fingerprint density at radius 2 is 1.38 bits per heavy atom. The van der Waals surface area contributed by atoms with Gasteiger partial charge in [-0.25, -0.2) is 9.59 Å². The third kappa shape index (κ3) is 9.34. The van der Waals surface area contributed by atoms with Gasteiger partial charge in [-0.1, -0.05) is 12.8 Å². The molecule has 0 radical (unpaired) electrons. The molecule has 0 aromatic heterocycles.